The highest BCUT2D eigenvalue weighted by Crippen LogP contribution is 2.28. The Balaban J connectivity index is 2.64. The zero-order chi connectivity index (χ0) is 19.6. The Hall–Kier alpha value is -2.73. The lowest BCUT2D eigenvalue weighted by atomic mass is 10.0. The molecule has 1 N–H and O–H groups in total. The van der Waals surface area contributed by atoms with Crippen LogP contribution in [0.4, 0.5) is 8.78 Å². The summed E-state index contributed by atoms with van der Waals surface area (Å²) >= 11 is 1.04. The number of nitrogens with one attached hydrogen (secondary N) is 1. The van der Waals surface area contributed by atoms with Gasteiger partial charge in [0, 0.05) is 0 Å². The third-order valence-corrected chi connectivity index (χ3v) is 3.70. The maximum atomic E-state index is 14.6. The lowest BCUT2D eigenvalue weighted by Crippen LogP contribution is -2.24. The van der Waals surface area contributed by atoms with Crippen LogP contribution in [0, 0.1) is 23.0 Å². The minimum Gasteiger partial charge on any atom is -0.456 e. The highest BCUT2D eigenvalue weighted by Gasteiger charge is 2.24. The largest absolute Gasteiger partial charge is 0.456 e. The van der Waals surface area contributed by atoms with Crippen molar-refractivity contribution in [1.82, 2.24) is 9.97 Å². The Kier molecular flexibility index (Phi) is 5.47. The predicted molar refractivity (Wildman–Crippen MR) is 91.9 cm³/mol. The van der Waals surface area contributed by atoms with Gasteiger partial charge in [0.25, 0.3) is 5.56 Å². The molecule has 2 aromatic rings. The van der Waals surface area contributed by atoms with E-state index in [2.05, 4.69) is 9.97 Å². The van der Waals surface area contributed by atoms with E-state index < -0.39 is 45.6 Å². The van der Waals surface area contributed by atoms with Crippen LogP contribution < -0.4 is 5.56 Å². The van der Waals surface area contributed by atoms with Crippen molar-refractivity contribution in [2.45, 2.75) is 31.5 Å². The Morgan fingerprint density at radius 1 is 1.31 bits per heavy atom. The summed E-state index contributed by atoms with van der Waals surface area (Å²) in [4.78, 5) is 30.2. The molecule has 0 amide bonds. The van der Waals surface area contributed by atoms with Gasteiger partial charge in [-0.25, -0.2) is 18.6 Å². The summed E-state index contributed by atoms with van der Waals surface area (Å²) in [7, 11) is 0. The minimum absolute atomic E-state index is 0.0963. The average molecular weight is 379 g/mol. The second kappa shape index (κ2) is 7.25. The number of ether oxygens (including phenoxy) is 1. The Labute approximate surface area is 152 Å². The van der Waals surface area contributed by atoms with Gasteiger partial charge in [-0.3, -0.25) is 4.79 Å². The third kappa shape index (κ3) is 4.08. The van der Waals surface area contributed by atoms with Crippen LogP contribution in [0.15, 0.2) is 22.1 Å². The molecule has 1 aromatic heterocycles. The number of hydrogen-bond donors (Lipinski definition) is 1. The predicted octanol–water partition coefficient (Wildman–Crippen LogP) is 3.26. The summed E-state index contributed by atoms with van der Waals surface area (Å²) in [5.41, 5.74) is -3.57. The van der Waals surface area contributed by atoms with Gasteiger partial charge in [0.05, 0.1) is 11.1 Å². The summed E-state index contributed by atoms with van der Waals surface area (Å²) in [6.45, 7) is 4.86. The number of rotatable bonds is 3. The van der Waals surface area contributed by atoms with Crippen LogP contribution >= 0.6 is 11.8 Å². The SMILES string of the molecule is CSc1nc(-c2c(F)cc(C(=O)OC(C)(C)C)cc2F)c(C#N)c(=O)[nH]1. The van der Waals surface area contributed by atoms with Crippen molar-refractivity contribution in [3.05, 3.63) is 45.2 Å². The Bertz CT molecular complexity index is 952. The second-order valence-corrected chi connectivity index (χ2v) is 7.02. The molecule has 0 unspecified atom stereocenters. The fraction of sp³-hybridized carbons (Fsp3) is 0.294. The van der Waals surface area contributed by atoms with E-state index in [1.54, 1.807) is 33.1 Å². The molecule has 0 saturated heterocycles. The Morgan fingerprint density at radius 2 is 1.88 bits per heavy atom. The fourth-order valence-corrected chi connectivity index (χ4v) is 2.47. The monoisotopic (exact) mass is 379 g/mol. The van der Waals surface area contributed by atoms with Crippen LogP contribution in [0.2, 0.25) is 0 Å². The van der Waals surface area contributed by atoms with Crippen LogP contribution in [0.3, 0.4) is 0 Å². The van der Waals surface area contributed by atoms with E-state index in [1.165, 1.54) is 0 Å². The van der Waals surface area contributed by atoms with Crippen LogP contribution in [0.1, 0.15) is 36.7 Å². The molecule has 0 radical (unpaired) electrons. The van der Waals surface area contributed by atoms with Crippen LogP contribution in [-0.2, 0) is 4.74 Å². The number of carbonyl (C=O) groups excluding carboxylic acids is 1. The van der Waals surface area contributed by atoms with Gasteiger partial charge in [0.1, 0.15) is 34.6 Å². The number of esters is 1. The summed E-state index contributed by atoms with van der Waals surface area (Å²) in [6, 6.07) is 3.17. The van der Waals surface area contributed by atoms with E-state index in [1.807, 2.05) is 0 Å². The Morgan fingerprint density at radius 3 is 2.35 bits per heavy atom. The molecule has 136 valence electrons. The molecule has 0 aliphatic heterocycles. The molecular formula is C17H15F2N3O3S. The molecule has 9 heteroatoms. The molecule has 1 aromatic carbocycles. The first-order chi connectivity index (χ1) is 12.1. The maximum Gasteiger partial charge on any atom is 0.338 e. The van der Waals surface area contributed by atoms with Gasteiger partial charge in [-0.1, -0.05) is 11.8 Å². The van der Waals surface area contributed by atoms with Crippen molar-refractivity contribution < 1.29 is 18.3 Å². The number of halogens is 2. The van der Waals surface area contributed by atoms with Crippen molar-refractivity contribution in [3.8, 4) is 17.3 Å². The highest BCUT2D eigenvalue weighted by molar-refractivity contribution is 7.98. The lowest BCUT2D eigenvalue weighted by molar-refractivity contribution is 0.00685. The number of thioether (sulfide) groups is 1. The summed E-state index contributed by atoms with van der Waals surface area (Å²) < 4.78 is 34.2. The van der Waals surface area contributed by atoms with E-state index in [4.69, 9.17) is 10.00 Å². The van der Waals surface area contributed by atoms with Crippen molar-refractivity contribution in [2.24, 2.45) is 0 Å². The molecular weight excluding hydrogens is 364 g/mol. The van der Waals surface area contributed by atoms with Crippen molar-refractivity contribution in [1.29, 1.82) is 5.26 Å². The summed E-state index contributed by atoms with van der Waals surface area (Å²) in [5, 5.41) is 9.24. The number of hydrogen-bond acceptors (Lipinski definition) is 6. The number of aromatic amines is 1. The van der Waals surface area contributed by atoms with Gasteiger partial charge in [-0.05, 0) is 39.2 Å². The number of nitrogens with zero attached hydrogens (tertiary/aromatic N) is 2. The fourth-order valence-electron chi connectivity index (χ4n) is 2.09. The average Bonchev–Trinajstić information content (AvgIpc) is 2.52. The quantitative estimate of drug-likeness (QED) is 0.500. The first-order valence-electron chi connectivity index (χ1n) is 7.38. The van der Waals surface area contributed by atoms with Crippen molar-refractivity contribution in [3.63, 3.8) is 0 Å². The van der Waals surface area contributed by atoms with Crippen LogP contribution in [0.5, 0.6) is 0 Å². The molecule has 0 saturated carbocycles. The first kappa shape index (κ1) is 19.6. The van der Waals surface area contributed by atoms with E-state index >= 15 is 0 Å². The lowest BCUT2D eigenvalue weighted by Gasteiger charge is -2.19. The van der Waals surface area contributed by atoms with Gasteiger partial charge in [0.15, 0.2) is 5.16 Å². The number of nitriles is 1. The van der Waals surface area contributed by atoms with E-state index in [0.29, 0.717) is 0 Å². The molecule has 26 heavy (non-hydrogen) atoms. The summed E-state index contributed by atoms with van der Waals surface area (Å²) in [6.07, 6.45) is 1.60. The number of carbonyl (C=O) groups is 1. The number of H-pyrrole nitrogens is 1. The topological polar surface area (TPSA) is 95.8 Å². The molecule has 0 aliphatic rings. The number of aromatic nitrogens is 2. The molecule has 0 fully saturated rings. The van der Waals surface area contributed by atoms with E-state index in [9.17, 15) is 18.4 Å². The van der Waals surface area contributed by atoms with Gasteiger partial charge in [-0.2, -0.15) is 5.26 Å². The second-order valence-electron chi connectivity index (χ2n) is 6.23. The van der Waals surface area contributed by atoms with Gasteiger partial charge in [-0.15, -0.1) is 0 Å². The van der Waals surface area contributed by atoms with E-state index in [0.717, 1.165) is 23.9 Å². The van der Waals surface area contributed by atoms with E-state index in [-0.39, 0.29) is 10.7 Å². The summed E-state index contributed by atoms with van der Waals surface area (Å²) in [5.74, 6) is -3.16. The number of benzene rings is 1. The van der Waals surface area contributed by atoms with Crippen LogP contribution in [-0.4, -0.2) is 27.8 Å². The van der Waals surface area contributed by atoms with Gasteiger partial charge in [0.2, 0.25) is 0 Å². The van der Waals surface area contributed by atoms with Crippen molar-refractivity contribution in [2.75, 3.05) is 6.26 Å². The standard InChI is InChI=1S/C17H15F2N3O3S/c1-17(2,3)25-15(24)8-5-10(18)12(11(19)6-8)13-9(7-20)14(23)22-16(21-13)26-4/h5-6H,1-4H3,(H,21,22,23). The minimum atomic E-state index is -1.13. The highest BCUT2D eigenvalue weighted by atomic mass is 32.2. The zero-order valence-corrected chi connectivity index (χ0v) is 15.3. The molecule has 0 spiro atoms. The normalized spacial score (nSPS) is 11.1. The third-order valence-electron chi connectivity index (χ3n) is 3.12. The molecule has 6 nitrogen and oxygen atoms in total. The van der Waals surface area contributed by atoms with Crippen molar-refractivity contribution >= 4 is 17.7 Å². The van der Waals surface area contributed by atoms with Gasteiger partial charge >= 0.3 is 5.97 Å². The molecule has 0 bridgehead atoms. The zero-order valence-electron chi connectivity index (χ0n) is 14.4. The maximum absolute atomic E-state index is 14.6. The smallest absolute Gasteiger partial charge is 0.338 e. The molecule has 2 rings (SSSR count). The van der Waals surface area contributed by atoms with Gasteiger partial charge < -0.3 is 9.72 Å². The molecule has 1 heterocycles. The van der Waals surface area contributed by atoms with Crippen LogP contribution in [0.25, 0.3) is 11.3 Å². The molecule has 0 atom stereocenters. The first-order valence-corrected chi connectivity index (χ1v) is 8.61. The molecule has 0 aliphatic carbocycles.